The van der Waals surface area contributed by atoms with Gasteiger partial charge in [-0.05, 0) is 43.9 Å². The molecule has 1 aliphatic heterocycles. The van der Waals surface area contributed by atoms with Crippen molar-refractivity contribution in [3.05, 3.63) is 41.2 Å². The standard InChI is InChI=1S/C19H23ClN4O2/c1-3-15-6-4-5-9-24(15)19-21-11-13(12-22-19)18(25)23-14-7-8-17(26-2)16(20)10-14/h7-8,10-12,15H,3-6,9H2,1-2H3,(H,23,25). The van der Waals surface area contributed by atoms with Crippen LogP contribution in [-0.4, -0.2) is 35.6 Å². The summed E-state index contributed by atoms with van der Waals surface area (Å²) in [7, 11) is 1.55. The van der Waals surface area contributed by atoms with E-state index in [4.69, 9.17) is 16.3 Å². The molecule has 2 aromatic rings. The van der Waals surface area contributed by atoms with Crippen LogP contribution in [0.3, 0.4) is 0 Å². The molecule has 0 spiro atoms. The van der Waals surface area contributed by atoms with E-state index in [1.807, 2.05) is 0 Å². The van der Waals surface area contributed by atoms with Gasteiger partial charge in [-0.3, -0.25) is 4.79 Å². The van der Waals surface area contributed by atoms with E-state index in [1.54, 1.807) is 37.7 Å². The smallest absolute Gasteiger partial charge is 0.258 e. The van der Waals surface area contributed by atoms with Crippen molar-refractivity contribution in [3.8, 4) is 5.75 Å². The Morgan fingerprint density at radius 3 is 2.77 bits per heavy atom. The summed E-state index contributed by atoms with van der Waals surface area (Å²) in [4.78, 5) is 23.5. The first-order valence-electron chi connectivity index (χ1n) is 8.86. The zero-order valence-electron chi connectivity index (χ0n) is 15.0. The van der Waals surface area contributed by atoms with E-state index in [-0.39, 0.29) is 5.91 Å². The fraction of sp³-hybridized carbons (Fsp3) is 0.421. The highest BCUT2D eigenvalue weighted by atomic mass is 35.5. The molecule has 0 bridgehead atoms. The maximum atomic E-state index is 12.4. The molecule has 1 aliphatic rings. The van der Waals surface area contributed by atoms with Crippen LogP contribution in [-0.2, 0) is 0 Å². The van der Waals surface area contributed by atoms with E-state index < -0.39 is 0 Å². The number of carbonyl (C=O) groups excluding carboxylic acids is 1. The monoisotopic (exact) mass is 374 g/mol. The first-order valence-corrected chi connectivity index (χ1v) is 9.23. The summed E-state index contributed by atoms with van der Waals surface area (Å²) in [5.74, 6) is 0.980. The van der Waals surface area contributed by atoms with Crippen molar-refractivity contribution in [1.29, 1.82) is 0 Å². The van der Waals surface area contributed by atoms with Gasteiger partial charge >= 0.3 is 0 Å². The minimum absolute atomic E-state index is 0.275. The van der Waals surface area contributed by atoms with E-state index >= 15 is 0 Å². The van der Waals surface area contributed by atoms with Crippen molar-refractivity contribution in [2.24, 2.45) is 0 Å². The first kappa shape index (κ1) is 18.5. The lowest BCUT2D eigenvalue weighted by Crippen LogP contribution is -2.40. The summed E-state index contributed by atoms with van der Waals surface area (Å²) in [6, 6.07) is 5.56. The number of ether oxygens (including phenoxy) is 1. The van der Waals surface area contributed by atoms with E-state index in [0.29, 0.717) is 34.0 Å². The van der Waals surface area contributed by atoms with Gasteiger partial charge in [-0.25, -0.2) is 9.97 Å². The molecule has 1 aromatic heterocycles. The van der Waals surface area contributed by atoms with E-state index in [0.717, 1.165) is 19.4 Å². The number of halogens is 1. The van der Waals surface area contributed by atoms with Gasteiger partial charge in [0.1, 0.15) is 5.75 Å². The van der Waals surface area contributed by atoms with Crippen LogP contribution in [0, 0.1) is 0 Å². The molecule has 138 valence electrons. The summed E-state index contributed by atoms with van der Waals surface area (Å²) >= 11 is 6.09. The minimum Gasteiger partial charge on any atom is -0.495 e. The fourth-order valence-electron chi connectivity index (χ4n) is 3.22. The molecule has 26 heavy (non-hydrogen) atoms. The highest BCUT2D eigenvalue weighted by Crippen LogP contribution is 2.27. The summed E-state index contributed by atoms with van der Waals surface area (Å²) < 4.78 is 5.11. The van der Waals surface area contributed by atoms with Crippen LogP contribution < -0.4 is 15.0 Å². The number of aromatic nitrogens is 2. The van der Waals surface area contributed by atoms with Crippen molar-refractivity contribution < 1.29 is 9.53 Å². The number of benzene rings is 1. The SMILES string of the molecule is CCC1CCCCN1c1ncc(C(=O)Nc2ccc(OC)c(Cl)c2)cn1. The second-order valence-electron chi connectivity index (χ2n) is 6.33. The van der Waals surface area contributed by atoms with Crippen molar-refractivity contribution in [3.63, 3.8) is 0 Å². The number of hydrogen-bond donors (Lipinski definition) is 1. The maximum Gasteiger partial charge on any atom is 0.258 e. The molecule has 6 nitrogen and oxygen atoms in total. The molecule has 1 aromatic carbocycles. The molecule has 1 atom stereocenters. The summed E-state index contributed by atoms with van der Waals surface area (Å²) in [5, 5.41) is 3.23. The topological polar surface area (TPSA) is 67.4 Å². The van der Waals surface area contributed by atoms with E-state index in [2.05, 4.69) is 27.1 Å². The van der Waals surface area contributed by atoms with Crippen molar-refractivity contribution in [2.75, 3.05) is 23.9 Å². The number of nitrogens with one attached hydrogen (secondary N) is 1. The lowest BCUT2D eigenvalue weighted by molar-refractivity contribution is 0.102. The molecule has 1 fully saturated rings. The van der Waals surface area contributed by atoms with Crippen LogP contribution in [0.5, 0.6) is 5.75 Å². The number of piperidine rings is 1. The highest BCUT2D eigenvalue weighted by molar-refractivity contribution is 6.32. The third-order valence-electron chi connectivity index (χ3n) is 4.67. The minimum atomic E-state index is -0.275. The van der Waals surface area contributed by atoms with Crippen LogP contribution in [0.2, 0.25) is 5.02 Å². The molecule has 1 N–H and O–H groups in total. The van der Waals surface area contributed by atoms with Crippen LogP contribution in [0.1, 0.15) is 43.0 Å². The quantitative estimate of drug-likeness (QED) is 0.851. The van der Waals surface area contributed by atoms with E-state index in [1.165, 1.54) is 12.8 Å². The number of amides is 1. The third-order valence-corrected chi connectivity index (χ3v) is 4.96. The lowest BCUT2D eigenvalue weighted by atomic mass is 10.0. The largest absolute Gasteiger partial charge is 0.495 e. The van der Waals surface area contributed by atoms with Gasteiger partial charge in [0.2, 0.25) is 5.95 Å². The van der Waals surface area contributed by atoms with Crippen molar-refractivity contribution in [1.82, 2.24) is 9.97 Å². The Morgan fingerprint density at radius 1 is 1.35 bits per heavy atom. The zero-order chi connectivity index (χ0) is 18.5. The van der Waals surface area contributed by atoms with E-state index in [9.17, 15) is 4.79 Å². The normalized spacial score (nSPS) is 17.0. The number of carbonyl (C=O) groups is 1. The first-order chi connectivity index (χ1) is 12.6. The third kappa shape index (κ3) is 4.07. The van der Waals surface area contributed by atoms with Gasteiger partial charge in [-0.1, -0.05) is 18.5 Å². The van der Waals surface area contributed by atoms with Crippen molar-refractivity contribution in [2.45, 2.75) is 38.6 Å². The average molecular weight is 375 g/mol. The molecule has 1 saturated heterocycles. The van der Waals surface area contributed by atoms with Gasteiger partial charge in [0.15, 0.2) is 0 Å². The number of hydrogen-bond acceptors (Lipinski definition) is 5. The highest BCUT2D eigenvalue weighted by Gasteiger charge is 2.23. The molecule has 7 heteroatoms. The Kier molecular flexibility index (Phi) is 5.93. The second kappa shape index (κ2) is 8.36. The van der Waals surface area contributed by atoms with Crippen LogP contribution in [0.4, 0.5) is 11.6 Å². The van der Waals surface area contributed by atoms with Crippen LogP contribution in [0.25, 0.3) is 0 Å². The molecule has 2 heterocycles. The Labute approximate surface area is 158 Å². The predicted molar refractivity (Wildman–Crippen MR) is 103 cm³/mol. The number of nitrogens with zero attached hydrogens (tertiary/aromatic N) is 3. The summed E-state index contributed by atoms with van der Waals surface area (Å²) in [6.45, 7) is 3.15. The van der Waals surface area contributed by atoms with Crippen molar-refractivity contribution >= 4 is 29.1 Å². The van der Waals surface area contributed by atoms with Gasteiger partial charge < -0.3 is 15.0 Å². The fourth-order valence-corrected chi connectivity index (χ4v) is 3.48. The average Bonchev–Trinajstić information content (AvgIpc) is 2.68. The van der Waals surface area contributed by atoms with Crippen LogP contribution >= 0.6 is 11.6 Å². The number of methoxy groups -OCH3 is 1. The molecular formula is C19H23ClN4O2. The maximum absolute atomic E-state index is 12.4. The van der Waals surface area contributed by atoms with Gasteiger partial charge in [-0.15, -0.1) is 0 Å². The Balaban J connectivity index is 1.69. The zero-order valence-corrected chi connectivity index (χ0v) is 15.8. The lowest BCUT2D eigenvalue weighted by Gasteiger charge is -2.35. The number of rotatable bonds is 5. The molecule has 3 rings (SSSR count). The van der Waals surface area contributed by atoms with Gasteiger partial charge in [0.25, 0.3) is 5.91 Å². The molecule has 1 amide bonds. The molecule has 0 radical (unpaired) electrons. The van der Waals surface area contributed by atoms with Gasteiger partial charge in [0.05, 0.1) is 17.7 Å². The van der Waals surface area contributed by atoms with Gasteiger partial charge in [0, 0.05) is 30.7 Å². The predicted octanol–water partition coefficient (Wildman–Crippen LogP) is 4.16. The Hall–Kier alpha value is -2.34. The molecule has 0 aliphatic carbocycles. The summed E-state index contributed by atoms with van der Waals surface area (Å²) in [6.07, 6.45) is 7.79. The second-order valence-corrected chi connectivity index (χ2v) is 6.73. The Bertz CT molecular complexity index is 767. The molecule has 0 saturated carbocycles. The van der Waals surface area contributed by atoms with Gasteiger partial charge in [-0.2, -0.15) is 0 Å². The summed E-state index contributed by atoms with van der Waals surface area (Å²) in [5.41, 5.74) is 0.998. The molecular weight excluding hydrogens is 352 g/mol. The number of anilines is 2. The van der Waals surface area contributed by atoms with Crippen LogP contribution in [0.15, 0.2) is 30.6 Å². The Morgan fingerprint density at radius 2 is 2.12 bits per heavy atom. The molecule has 1 unspecified atom stereocenters.